The zero-order chi connectivity index (χ0) is 28.1. The fraction of sp³-hybridized carbons (Fsp3) is 0.419. The first kappa shape index (κ1) is 26.1. The number of carbonyl (C=O) groups is 1. The molecule has 2 bridgehead atoms. The number of pyridine rings is 1. The smallest absolute Gasteiger partial charge is 0.269 e. The van der Waals surface area contributed by atoms with E-state index in [-0.39, 0.29) is 51.9 Å². The van der Waals surface area contributed by atoms with E-state index in [1.165, 1.54) is 0 Å². The molecule has 1 fully saturated rings. The number of nitro benzene ring substituents is 1. The van der Waals surface area contributed by atoms with E-state index in [0.29, 0.717) is 19.5 Å². The second kappa shape index (κ2) is 10.1. The van der Waals surface area contributed by atoms with E-state index >= 15 is 0 Å². The van der Waals surface area contributed by atoms with E-state index in [2.05, 4.69) is 24.1 Å². The van der Waals surface area contributed by atoms with Crippen LogP contribution in [0, 0.1) is 27.9 Å². The highest BCUT2D eigenvalue weighted by molar-refractivity contribution is 5.83. The molecule has 9 nitrogen and oxygen atoms in total. The Bertz CT molecular complexity index is 1510. The van der Waals surface area contributed by atoms with E-state index in [9.17, 15) is 19.7 Å². The number of benzene rings is 2. The molecule has 2 aromatic carbocycles. The van der Waals surface area contributed by atoms with E-state index in [4.69, 9.17) is 4.74 Å². The summed E-state index contributed by atoms with van der Waals surface area (Å²) in [6.07, 6.45) is 1.32. The molecule has 6 rings (SSSR count). The Labute approximate surface area is 232 Å². The fourth-order valence-corrected chi connectivity index (χ4v) is 7.16. The first-order valence-corrected chi connectivity index (χ1v) is 13.9. The van der Waals surface area contributed by atoms with Gasteiger partial charge in [0, 0.05) is 54.6 Å². The molecule has 4 heterocycles. The number of carbonyl (C=O) groups excluding carboxylic acids is 1. The maximum Gasteiger partial charge on any atom is 0.269 e. The first-order chi connectivity index (χ1) is 19.2. The third-order valence-electron chi connectivity index (χ3n) is 8.98. The maximum atomic E-state index is 14.2. The van der Waals surface area contributed by atoms with Gasteiger partial charge in [0.05, 0.1) is 24.0 Å². The van der Waals surface area contributed by atoms with Crippen LogP contribution in [0.3, 0.4) is 0 Å². The van der Waals surface area contributed by atoms with Crippen molar-refractivity contribution in [2.45, 2.75) is 51.2 Å². The molecule has 0 spiro atoms. The van der Waals surface area contributed by atoms with Gasteiger partial charge in [-0.05, 0) is 60.1 Å². The van der Waals surface area contributed by atoms with Crippen LogP contribution >= 0.6 is 0 Å². The highest BCUT2D eigenvalue weighted by atomic mass is 16.6. The van der Waals surface area contributed by atoms with Crippen molar-refractivity contribution in [1.82, 2.24) is 9.88 Å². The number of ether oxygens (including phenoxy) is 1. The van der Waals surface area contributed by atoms with Crippen molar-refractivity contribution in [3.8, 4) is 5.75 Å². The van der Waals surface area contributed by atoms with Gasteiger partial charge < -0.3 is 19.5 Å². The number of non-ortho nitro benzene ring substituents is 1. The van der Waals surface area contributed by atoms with Crippen molar-refractivity contribution < 1.29 is 14.5 Å². The van der Waals surface area contributed by atoms with Crippen LogP contribution in [0.2, 0.25) is 0 Å². The minimum Gasteiger partial charge on any atom is -0.497 e. The molecule has 9 heteroatoms. The number of nitro groups is 1. The molecule has 1 amide bonds. The first-order valence-electron chi connectivity index (χ1n) is 13.9. The van der Waals surface area contributed by atoms with Crippen LogP contribution in [0.15, 0.2) is 65.5 Å². The zero-order valence-corrected chi connectivity index (χ0v) is 22.9. The summed E-state index contributed by atoms with van der Waals surface area (Å²) in [5.74, 6) is 0.664. The SMILES string of the molecule is COc1ccc(C(NC(=O)[C@@H]2Cc3cc([N+](=O)[O-])ccc3N3C[C@@H]4C[C@H](Cn5c4cccc5=O)[C@@H]23)C(C)C)cc1. The number of nitrogens with one attached hydrogen (secondary N) is 1. The van der Waals surface area contributed by atoms with Crippen LogP contribution in [0.25, 0.3) is 0 Å². The van der Waals surface area contributed by atoms with Gasteiger partial charge in [0.15, 0.2) is 0 Å². The minimum atomic E-state index is -0.416. The number of hydrogen-bond acceptors (Lipinski definition) is 6. The van der Waals surface area contributed by atoms with Crippen LogP contribution in [-0.2, 0) is 17.8 Å². The Kier molecular flexibility index (Phi) is 6.60. The second-order valence-corrected chi connectivity index (χ2v) is 11.6. The van der Waals surface area contributed by atoms with E-state index < -0.39 is 5.92 Å². The lowest BCUT2D eigenvalue weighted by Gasteiger charge is -2.54. The van der Waals surface area contributed by atoms with Gasteiger partial charge in [-0.3, -0.25) is 19.7 Å². The largest absolute Gasteiger partial charge is 0.497 e. The van der Waals surface area contributed by atoms with Crippen LogP contribution in [0.4, 0.5) is 11.4 Å². The quantitative estimate of drug-likeness (QED) is 0.365. The van der Waals surface area contributed by atoms with Gasteiger partial charge in [-0.1, -0.05) is 32.0 Å². The summed E-state index contributed by atoms with van der Waals surface area (Å²) in [5, 5.41) is 14.9. The van der Waals surface area contributed by atoms with Crippen molar-refractivity contribution in [2.24, 2.45) is 17.8 Å². The van der Waals surface area contributed by atoms with Crippen LogP contribution in [-0.4, -0.2) is 35.1 Å². The number of rotatable bonds is 6. The summed E-state index contributed by atoms with van der Waals surface area (Å²) in [5.41, 5.74) is 3.82. The number of hydrogen-bond donors (Lipinski definition) is 1. The molecule has 0 aliphatic carbocycles. The molecule has 5 atom stereocenters. The predicted molar refractivity (Wildman–Crippen MR) is 152 cm³/mol. The molecule has 40 heavy (non-hydrogen) atoms. The molecule has 0 saturated carbocycles. The number of methoxy groups -OCH3 is 1. The van der Waals surface area contributed by atoms with Gasteiger partial charge in [0.2, 0.25) is 5.91 Å². The van der Waals surface area contributed by atoms with Gasteiger partial charge in [0.25, 0.3) is 11.2 Å². The van der Waals surface area contributed by atoms with Crippen LogP contribution in [0.1, 0.15) is 49.0 Å². The second-order valence-electron chi connectivity index (χ2n) is 11.6. The lowest BCUT2D eigenvalue weighted by Crippen LogP contribution is -2.61. The number of piperidine rings is 1. The van der Waals surface area contributed by atoms with Crippen LogP contribution in [0.5, 0.6) is 5.75 Å². The summed E-state index contributed by atoms with van der Waals surface area (Å²) in [6.45, 7) is 5.38. The summed E-state index contributed by atoms with van der Waals surface area (Å²) in [6, 6.07) is 17.9. The van der Waals surface area contributed by atoms with Gasteiger partial charge in [0.1, 0.15) is 5.75 Å². The van der Waals surface area contributed by atoms with Crippen molar-refractivity contribution >= 4 is 17.3 Å². The Morgan fingerprint density at radius 1 is 1.10 bits per heavy atom. The normalized spacial score (nSPS) is 23.4. The highest BCUT2D eigenvalue weighted by Gasteiger charge is 2.49. The lowest BCUT2D eigenvalue weighted by molar-refractivity contribution is -0.384. The lowest BCUT2D eigenvalue weighted by atomic mass is 9.70. The highest BCUT2D eigenvalue weighted by Crippen LogP contribution is 2.48. The van der Waals surface area contributed by atoms with Crippen LogP contribution < -0.4 is 20.5 Å². The maximum absolute atomic E-state index is 14.2. The van der Waals surface area contributed by atoms with E-state index in [0.717, 1.165) is 34.7 Å². The summed E-state index contributed by atoms with van der Waals surface area (Å²) in [4.78, 5) is 40.5. The number of nitrogens with zero attached hydrogens (tertiary/aromatic N) is 3. The topological polar surface area (TPSA) is 107 Å². The van der Waals surface area contributed by atoms with Crippen molar-refractivity contribution in [3.63, 3.8) is 0 Å². The Hall–Kier alpha value is -4.14. The average Bonchev–Trinajstić information content (AvgIpc) is 2.95. The minimum absolute atomic E-state index is 0.00661. The molecule has 1 saturated heterocycles. The molecule has 1 N–H and O–H groups in total. The Morgan fingerprint density at radius 3 is 2.58 bits per heavy atom. The number of anilines is 1. The predicted octanol–water partition coefficient (Wildman–Crippen LogP) is 4.44. The molecule has 3 aromatic rings. The van der Waals surface area contributed by atoms with Gasteiger partial charge >= 0.3 is 0 Å². The Balaban J connectivity index is 1.38. The molecular weight excluding hydrogens is 508 g/mol. The third kappa shape index (κ3) is 4.43. The zero-order valence-electron chi connectivity index (χ0n) is 22.9. The number of amides is 1. The summed E-state index contributed by atoms with van der Waals surface area (Å²) in [7, 11) is 1.63. The van der Waals surface area contributed by atoms with E-state index in [1.807, 2.05) is 47.0 Å². The van der Waals surface area contributed by atoms with Crippen molar-refractivity contribution in [3.05, 3.63) is 98.0 Å². The standard InChI is InChI=1S/C31H34N4O5/c1-18(2)29(19-7-10-24(40-3)11-8-19)32-31(37)25-15-20-14-23(35(38)39)9-12-27(20)34-16-21-13-22(30(25)34)17-33-26(21)5-4-6-28(33)36/h4-12,14,18,21-22,25,29-30H,13,15-17H2,1-3H3,(H,32,37)/t21-,22+,25+,29?,30-/m0/s1. The molecule has 1 unspecified atom stereocenters. The third-order valence-corrected chi connectivity index (χ3v) is 8.98. The van der Waals surface area contributed by atoms with E-state index in [1.54, 1.807) is 25.3 Å². The average molecular weight is 543 g/mol. The summed E-state index contributed by atoms with van der Waals surface area (Å²) < 4.78 is 7.19. The fourth-order valence-electron chi connectivity index (χ4n) is 7.16. The molecule has 0 radical (unpaired) electrons. The van der Waals surface area contributed by atoms with Gasteiger partial charge in [-0.15, -0.1) is 0 Å². The van der Waals surface area contributed by atoms with Crippen molar-refractivity contribution in [2.75, 3.05) is 18.6 Å². The Morgan fingerprint density at radius 2 is 1.88 bits per heavy atom. The number of fused-ring (bicyclic) bond motifs is 8. The molecule has 1 aromatic heterocycles. The van der Waals surface area contributed by atoms with Gasteiger partial charge in [-0.2, -0.15) is 0 Å². The molecule has 208 valence electrons. The summed E-state index contributed by atoms with van der Waals surface area (Å²) >= 11 is 0. The molecule has 3 aliphatic heterocycles. The number of aromatic nitrogens is 1. The molecular formula is C31H34N4O5. The van der Waals surface area contributed by atoms with Gasteiger partial charge in [-0.25, -0.2) is 0 Å². The van der Waals surface area contributed by atoms with Crippen molar-refractivity contribution in [1.29, 1.82) is 0 Å². The monoisotopic (exact) mass is 542 g/mol. The molecule has 3 aliphatic rings.